The summed E-state index contributed by atoms with van der Waals surface area (Å²) in [6.07, 6.45) is 5.44. The Balaban J connectivity index is 0.000000379. The zero-order valence-electron chi connectivity index (χ0n) is 13.7. The summed E-state index contributed by atoms with van der Waals surface area (Å²) in [5.74, 6) is -2.63. The van der Waals surface area contributed by atoms with Crippen LogP contribution in [0.3, 0.4) is 0 Å². The molecule has 3 N–H and O–H groups in total. The molecular weight excluding hydrogens is 298 g/mol. The van der Waals surface area contributed by atoms with Crippen LogP contribution in [-0.4, -0.2) is 41.3 Å². The average Bonchev–Trinajstić information content (AvgIpc) is 2.99. The number of aliphatic carboxylic acids is 2. The van der Waals surface area contributed by atoms with Crippen molar-refractivity contribution in [2.24, 2.45) is 0 Å². The Labute approximate surface area is 136 Å². The van der Waals surface area contributed by atoms with Gasteiger partial charge in [0.1, 0.15) is 12.4 Å². The topological polar surface area (TPSA) is 95.9 Å². The van der Waals surface area contributed by atoms with Gasteiger partial charge in [0.25, 0.3) is 0 Å². The van der Waals surface area contributed by atoms with Crippen LogP contribution < -0.4 is 10.1 Å². The highest BCUT2D eigenvalue weighted by Gasteiger charge is 2.13. The molecule has 6 heteroatoms. The maximum atomic E-state index is 9.10. The number of ether oxygens (including phenoxy) is 1. The summed E-state index contributed by atoms with van der Waals surface area (Å²) in [5.41, 5.74) is 2.52. The maximum Gasteiger partial charge on any atom is 0.414 e. The largest absolute Gasteiger partial charge is 0.492 e. The number of nitrogens with one attached hydrogen (secondary N) is 1. The summed E-state index contributed by atoms with van der Waals surface area (Å²) < 4.78 is 5.79. The molecule has 1 fully saturated rings. The Bertz CT molecular complexity index is 512. The highest BCUT2D eigenvalue weighted by molar-refractivity contribution is 6.27. The summed E-state index contributed by atoms with van der Waals surface area (Å²) >= 11 is 0. The second-order valence-electron chi connectivity index (χ2n) is 5.66. The monoisotopic (exact) mass is 323 g/mol. The first kappa shape index (κ1) is 19.0. The lowest BCUT2D eigenvalue weighted by molar-refractivity contribution is -0.159. The van der Waals surface area contributed by atoms with Gasteiger partial charge in [-0.05, 0) is 38.3 Å². The summed E-state index contributed by atoms with van der Waals surface area (Å²) in [7, 11) is 0. The summed E-state index contributed by atoms with van der Waals surface area (Å²) in [4.78, 5) is 18.2. The molecule has 1 aromatic rings. The molecule has 128 valence electrons. The number of rotatable bonds is 5. The van der Waals surface area contributed by atoms with E-state index < -0.39 is 11.9 Å². The number of carboxylic acid groups (broad SMARTS) is 2. The van der Waals surface area contributed by atoms with Gasteiger partial charge in [0.15, 0.2) is 0 Å². The molecule has 0 bridgehead atoms. The van der Waals surface area contributed by atoms with E-state index in [2.05, 4.69) is 37.4 Å². The molecule has 0 atom stereocenters. The van der Waals surface area contributed by atoms with Gasteiger partial charge in [-0.15, -0.1) is 0 Å². The fraction of sp³-hybridized carbons (Fsp3) is 0.529. The van der Waals surface area contributed by atoms with E-state index in [0.29, 0.717) is 0 Å². The minimum atomic E-state index is -1.82. The number of benzene rings is 1. The van der Waals surface area contributed by atoms with Crippen LogP contribution in [0.2, 0.25) is 0 Å². The lowest BCUT2D eigenvalue weighted by atomic mass is 10.1. The van der Waals surface area contributed by atoms with Gasteiger partial charge in [0, 0.05) is 12.6 Å². The van der Waals surface area contributed by atoms with E-state index in [9.17, 15) is 0 Å². The molecule has 0 aliphatic heterocycles. The highest BCUT2D eigenvalue weighted by atomic mass is 16.5. The van der Waals surface area contributed by atoms with Crippen molar-refractivity contribution in [3.05, 3.63) is 29.3 Å². The number of carbonyl (C=O) groups is 2. The molecule has 6 nitrogen and oxygen atoms in total. The predicted molar refractivity (Wildman–Crippen MR) is 86.9 cm³/mol. The Hall–Kier alpha value is -2.08. The van der Waals surface area contributed by atoms with Crippen molar-refractivity contribution in [1.82, 2.24) is 5.32 Å². The highest BCUT2D eigenvalue weighted by Crippen LogP contribution is 2.19. The van der Waals surface area contributed by atoms with Crippen LogP contribution in [0, 0.1) is 13.8 Å². The van der Waals surface area contributed by atoms with Gasteiger partial charge in [0.2, 0.25) is 0 Å². The van der Waals surface area contributed by atoms with Crippen molar-refractivity contribution >= 4 is 11.9 Å². The summed E-state index contributed by atoms with van der Waals surface area (Å²) in [6, 6.07) is 7.07. The maximum absolute atomic E-state index is 9.10. The van der Waals surface area contributed by atoms with Crippen molar-refractivity contribution in [2.75, 3.05) is 13.2 Å². The Kier molecular flexibility index (Phi) is 8.11. The third-order valence-electron chi connectivity index (χ3n) is 3.66. The molecule has 0 amide bonds. The smallest absolute Gasteiger partial charge is 0.414 e. The van der Waals surface area contributed by atoms with Crippen molar-refractivity contribution in [3.63, 3.8) is 0 Å². The first-order chi connectivity index (χ1) is 10.9. The van der Waals surface area contributed by atoms with E-state index in [4.69, 9.17) is 24.5 Å². The molecule has 1 saturated carbocycles. The standard InChI is InChI=1S/C15H23NO.C2H2O4/c1-12-7-8-15(13(2)11-12)17-10-9-16-14-5-3-4-6-14;3-1(4)2(5)6/h7-8,11,14,16H,3-6,9-10H2,1-2H3;(H,3,4)(H,5,6). The summed E-state index contributed by atoms with van der Waals surface area (Å²) in [5, 5.41) is 18.3. The Morgan fingerprint density at radius 1 is 1.17 bits per heavy atom. The third-order valence-corrected chi connectivity index (χ3v) is 3.66. The minimum Gasteiger partial charge on any atom is -0.492 e. The lowest BCUT2D eigenvalue weighted by Gasteiger charge is -2.13. The molecule has 23 heavy (non-hydrogen) atoms. The van der Waals surface area contributed by atoms with Crippen LogP contribution in [0.25, 0.3) is 0 Å². The predicted octanol–water partition coefficient (Wildman–Crippen LogP) is 2.37. The van der Waals surface area contributed by atoms with Crippen LogP contribution >= 0.6 is 0 Å². The first-order valence-electron chi connectivity index (χ1n) is 7.80. The van der Waals surface area contributed by atoms with Gasteiger partial charge in [-0.2, -0.15) is 0 Å². The molecule has 2 rings (SSSR count). The quantitative estimate of drug-likeness (QED) is 0.569. The van der Waals surface area contributed by atoms with Crippen molar-refractivity contribution < 1.29 is 24.5 Å². The number of hydrogen-bond acceptors (Lipinski definition) is 4. The molecule has 1 aliphatic carbocycles. The average molecular weight is 323 g/mol. The molecule has 0 aromatic heterocycles. The number of aryl methyl sites for hydroxylation is 2. The molecule has 0 radical (unpaired) electrons. The summed E-state index contributed by atoms with van der Waals surface area (Å²) in [6.45, 7) is 5.93. The molecule has 0 spiro atoms. The second kappa shape index (κ2) is 9.84. The Morgan fingerprint density at radius 3 is 2.30 bits per heavy atom. The zero-order chi connectivity index (χ0) is 17.2. The fourth-order valence-corrected chi connectivity index (χ4v) is 2.52. The van der Waals surface area contributed by atoms with Gasteiger partial charge < -0.3 is 20.3 Å². The van der Waals surface area contributed by atoms with Crippen LogP contribution in [0.5, 0.6) is 5.75 Å². The Morgan fingerprint density at radius 2 is 1.78 bits per heavy atom. The first-order valence-corrected chi connectivity index (χ1v) is 7.80. The molecule has 0 unspecified atom stereocenters. The molecule has 0 heterocycles. The van der Waals surface area contributed by atoms with Crippen LogP contribution in [0.15, 0.2) is 18.2 Å². The van der Waals surface area contributed by atoms with Gasteiger partial charge in [0.05, 0.1) is 0 Å². The van der Waals surface area contributed by atoms with Gasteiger partial charge in [-0.25, -0.2) is 9.59 Å². The molecule has 0 saturated heterocycles. The minimum absolute atomic E-state index is 0.734. The van der Waals surface area contributed by atoms with E-state index >= 15 is 0 Å². The number of carboxylic acids is 2. The fourth-order valence-electron chi connectivity index (χ4n) is 2.52. The van der Waals surface area contributed by atoms with Crippen molar-refractivity contribution in [3.8, 4) is 5.75 Å². The number of hydrogen-bond donors (Lipinski definition) is 3. The van der Waals surface area contributed by atoms with E-state index in [-0.39, 0.29) is 0 Å². The van der Waals surface area contributed by atoms with E-state index in [1.165, 1.54) is 36.8 Å². The molecule has 1 aliphatic rings. The third kappa shape index (κ3) is 7.65. The van der Waals surface area contributed by atoms with Crippen molar-refractivity contribution in [2.45, 2.75) is 45.6 Å². The van der Waals surface area contributed by atoms with E-state index in [0.717, 1.165) is 24.9 Å². The van der Waals surface area contributed by atoms with Crippen LogP contribution in [-0.2, 0) is 9.59 Å². The van der Waals surface area contributed by atoms with Crippen LogP contribution in [0.4, 0.5) is 0 Å². The second-order valence-corrected chi connectivity index (χ2v) is 5.66. The van der Waals surface area contributed by atoms with Crippen molar-refractivity contribution in [1.29, 1.82) is 0 Å². The normalized spacial score (nSPS) is 14.0. The van der Waals surface area contributed by atoms with Gasteiger partial charge in [-0.3, -0.25) is 0 Å². The van der Waals surface area contributed by atoms with E-state index in [1.807, 2.05) is 0 Å². The molecular formula is C17H25NO5. The van der Waals surface area contributed by atoms with E-state index in [1.54, 1.807) is 0 Å². The zero-order valence-corrected chi connectivity index (χ0v) is 13.7. The van der Waals surface area contributed by atoms with Gasteiger partial charge >= 0.3 is 11.9 Å². The lowest BCUT2D eigenvalue weighted by Crippen LogP contribution is -2.30. The van der Waals surface area contributed by atoms with Gasteiger partial charge in [-0.1, -0.05) is 30.5 Å². The molecule has 1 aromatic carbocycles. The van der Waals surface area contributed by atoms with Crippen LogP contribution in [0.1, 0.15) is 36.8 Å². The SMILES string of the molecule is Cc1ccc(OCCNC2CCCC2)c(C)c1.O=C(O)C(=O)O.